The molecule has 1 aliphatic rings. The number of benzene rings is 1. The fraction of sp³-hybridized carbons (Fsp3) is 0.136. The maximum atomic E-state index is 13.4. The average molecular weight is 491 g/mol. The minimum atomic E-state index is -0.614. The second kappa shape index (κ2) is 8.96. The van der Waals surface area contributed by atoms with Gasteiger partial charge in [-0.25, -0.2) is 9.79 Å². The van der Waals surface area contributed by atoms with E-state index in [0.29, 0.717) is 36.2 Å². The summed E-state index contributed by atoms with van der Waals surface area (Å²) in [7, 11) is 0. The minimum Gasteiger partial charge on any atom is -0.458 e. The van der Waals surface area contributed by atoms with Gasteiger partial charge in [0.2, 0.25) is 0 Å². The molecule has 0 spiro atoms. The first-order chi connectivity index (χ1) is 14.9. The Hall–Kier alpha value is -2.45. The number of aromatic nitrogens is 1. The van der Waals surface area contributed by atoms with Crippen LogP contribution in [-0.2, 0) is 9.53 Å². The molecular formula is C22H16Cl2N2O3S2. The van der Waals surface area contributed by atoms with Crippen LogP contribution in [0.5, 0.6) is 0 Å². The van der Waals surface area contributed by atoms with E-state index in [1.54, 1.807) is 35.8 Å². The molecule has 0 fully saturated rings. The molecule has 1 aromatic carbocycles. The predicted octanol–water partition coefficient (Wildman–Crippen LogP) is 4.33. The van der Waals surface area contributed by atoms with Crippen LogP contribution in [0.25, 0.3) is 6.08 Å². The van der Waals surface area contributed by atoms with Gasteiger partial charge in [-0.3, -0.25) is 9.36 Å². The van der Waals surface area contributed by atoms with E-state index < -0.39 is 12.0 Å². The smallest absolute Gasteiger partial charge is 0.338 e. The number of esters is 1. The molecule has 0 saturated carbocycles. The van der Waals surface area contributed by atoms with Gasteiger partial charge in [-0.1, -0.05) is 59.3 Å². The first-order valence-corrected chi connectivity index (χ1v) is 11.6. The van der Waals surface area contributed by atoms with Crippen molar-refractivity contribution in [1.82, 2.24) is 4.57 Å². The number of allylic oxidation sites excluding steroid dienone is 1. The molecule has 1 atom stereocenters. The van der Waals surface area contributed by atoms with Crippen LogP contribution in [0.4, 0.5) is 0 Å². The lowest BCUT2D eigenvalue weighted by atomic mass is 10.0. The zero-order valence-electron chi connectivity index (χ0n) is 16.3. The fourth-order valence-electron chi connectivity index (χ4n) is 3.27. The van der Waals surface area contributed by atoms with Gasteiger partial charge in [0.1, 0.15) is 12.6 Å². The van der Waals surface area contributed by atoms with Gasteiger partial charge < -0.3 is 4.74 Å². The van der Waals surface area contributed by atoms with Crippen molar-refractivity contribution in [3.05, 3.63) is 99.8 Å². The molecule has 31 heavy (non-hydrogen) atoms. The third-order valence-electron chi connectivity index (χ3n) is 4.64. The molecule has 4 rings (SSSR count). The lowest BCUT2D eigenvalue weighted by Gasteiger charge is -2.23. The molecule has 158 valence electrons. The Kier molecular flexibility index (Phi) is 6.29. The maximum absolute atomic E-state index is 13.4. The Balaban J connectivity index is 1.92. The number of carbonyl (C=O) groups is 1. The molecular weight excluding hydrogens is 475 g/mol. The lowest BCUT2D eigenvalue weighted by molar-refractivity contribution is -0.138. The molecule has 9 heteroatoms. The second-order valence-electron chi connectivity index (χ2n) is 6.65. The van der Waals surface area contributed by atoms with Gasteiger partial charge >= 0.3 is 5.97 Å². The molecule has 1 aliphatic heterocycles. The summed E-state index contributed by atoms with van der Waals surface area (Å²) in [5.74, 6) is -0.519. The maximum Gasteiger partial charge on any atom is 0.338 e. The van der Waals surface area contributed by atoms with Crippen LogP contribution in [0, 0.1) is 0 Å². The van der Waals surface area contributed by atoms with Crippen molar-refractivity contribution in [2.45, 2.75) is 13.0 Å². The molecule has 5 nitrogen and oxygen atoms in total. The van der Waals surface area contributed by atoms with Crippen molar-refractivity contribution in [3.63, 3.8) is 0 Å². The number of carbonyl (C=O) groups excluding carboxylic acids is 1. The van der Waals surface area contributed by atoms with Crippen molar-refractivity contribution in [2.24, 2.45) is 4.99 Å². The number of halogens is 2. The molecule has 2 aromatic heterocycles. The average Bonchev–Trinajstić information content (AvgIpc) is 3.36. The monoisotopic (exact) mass is 490 g/mol. The van der Waals surface area contributed by atoms with E-state index >= 15 is 0 Å². The summed E-state index contributed by atoms with van der Waals surface area (Å²) in [6.45, 7) is 5.40. The van der Waals surface area contributed by atoms with Crippen molar-refractivity contribution in [3.8, 4) is 0 Å². The minimum absolute atomic E-state index is 0.0757. The van der Waals surface area contributed by atoms with Crippen molar-refractivity contribution < 1.29 is 9.53 Å². The van der Waals surface area contributed by atoms with Crippen LogP contribution in [0.3, 0.4) is 0 Å². The third kappa shape index (κ3) is 4.19. The Labute approximate surface area is 195 Å². The number of thiazole rings is 1. The van der Waals surface area contributed by atoms with Crippen LogP contribution in [-0.4, -0.2) is 17.1 Å². The number of thiophene rings is 1. The number of fused-ring (bicyclic) bond motifs is 1. The molecule has 0 N–H and O–H groups in total. The predicted molar refractivity (Wildman–Crippen MR) is 126 cm³/mol. The van der Waals surface area contributed by atoms with Crippen LogP contribution < -0.4 is 14.9 Å². The van der Waals surface area contributed by atoms with Gasteiger partial charge in [0.05, 0.1) is 15.8 Å². The van der Waals surface area contributed by atoms with Crippen LogP contribution in [0.1, 0.15) is 23.4 Å². The van der Waals surface area contributed by atoms with E-state index in [4.69, 9.17) is 27.9 Å². The molecule has 0 bridgehead atoms. The van der Waals surface area contributed by atoms with Gasteiger partial charge in [0, 0.05) is 14.9 Å². The molecule has 0 aliphatic carbocycles. The van der Waals surface area contributed by atoms with E-state index in [1.807, 2.05) is 17.5 Å². The van der Waals surface area contributed by atoms with E-state index in [1.165, 1.54) is 28.7 Å². The van der Waals surface area contributed by atoms with Crippen LogP contribution in [0.15, 0.2) is 69.4 Å². The summed E-state index contributed by atoms with van der Waals surface area (Å²) in [4.78, 5) is 32.2. The molecule has 0 radical (unpaired) electrons. The zero-order valence-corrected chi connectivity index (χ0v) is 19.4. The molecule has 0 amide bonds. The van der Waals surface area contributed by atoms with Gasteiger partial charge in [0.15, 0.2) is 4.80 Å². The van der Waals surface area contributed by atoms with Gasteiger partial charge in [-0.15, -0.1) is 11.3 Å². The standard InChI is InChI=1S/C22H16Cl2N2O3S2/c1-3-8-29-21(28)18-12(2)25-22-26(19(18)16-5-4-9-30-16)20(27)17(31-22)10-13-6-7-14(23)11-15(13)24/h3-7,9-11,19H,1,8H2,2H3/b17-10+/t19-/m1/s1. The Morgan fingerprint density at radius 2 is 2.16 bits per heavy atom. The van der Waals surface area contributed by atoms with E-state index in [-0.39, 0.29) is 12.2 Å². The first-order valence-electron chi connectivity index (χ1n) is 9.19. The molecule has 0 saturated heterocycles. The summed E-state index contributed by atoms with van der Waals surface area (Å²) in [6, 6.07) is 8.24. The molecule has 3 heterocycles. The van der Waals surface area contributed by atoms with Crippen LogP contribution >= 0.6 is 45.9 Å². The van der Waals surface area contributed by atoms with Gasteiger partial charge in [-0.2, -0.15) is 0 Å². The van der Waals surface area contributed by atoms with Gasteiger partial charge in [-0.05, 0) is 42.1 Å². The van der Waals surface area contributed by atoms with E-state index in [9.17, 15) is 9.59 Å². The first kappa shape index (κ1) is 21.8. The summed E-state index contributed by atoms with van der Waals surface area (Å²) in [5, 5.41) is 2.86. The van der Waals surface area contributed by atoms with E-state index in [0.717, 1.165) is 4.88 Å². The SMILES string of the molecule is C=CCOC(=O)C1=C(C)N=c2s/c(=C/c3ccc(Cl)cc3Cl)c(=O)n2[C@@H]1c1cccs1. The van der Waals surface area contributed by atoms with Crippen molar-refractivity contribution in [2.75, 3.05) is 6.61 Å². The van der Waals surface area contributed by atoms with Crippen molar-refractivity contribution >= 4 is 57.9 Å². The summed E-state index contributed by atoms with van der Waals surface area (Å²) >= 11 is 15.0. The Bertz CT molecular complexity index is 1380. The summed E-state index contributed by atoms with van der Waals surface area (Å²) < 4.78 is 7.30. The number of hydrogen-bond acceptors (Lipinski definition) is 6. The van der Waals surface area contributed by atoms with Crippen molar-refractivity contribution in [1.29, 1.82) is 0 Å². The fourth-order valence-corrected chi connectivity index (χ4v) is 5.59. The summed E-state index contributed by atoms with van der Waals surface area (Å²) in [5.41, 5.74) is 1.28. The Morgan fingerprint density at radius 3 is 2.84 bits per heavy atom. The highest BCUT2D eigenvalue weighted by Gasteiger charge is 2.33. The largest absolute Gasteiger partial charge is 0.458 e. The highest BCUT2D eigenvalue weighted by molar-refractivity contribution is 7.10. The van der Waals surface area contributed by atoms with Gasteiger partial charge in [0.25, 0.3) is 5.56 Å². The normalized spacial score (nSPS) is 16.1. The number of ether oxygens (including phenoxy) is 1. The number of hydrogen-bond donors (Lipinski definition) is 0. The zero-order chi connectivity index (χ0) is 22.1. The highest BCUT2D eigenvalue weighted by Crippen LogP contribution is 2.33. The number of nitrogens with zero attached hydrogens (tertiary/aromatic N) is 2. The van der Waals surface area contributed by atoms with E-state index in [2.05, 4.69) is 11.6 Å². The third-order valence-corrected chi connectivity index (χ3v) is 7.11. The Morgan fingerprint density at radius 1 is 1.35 bits per heavy atom. The quantitative estimate of drug-likeness (QED) is 0.394. The second-order valence-corrected chi connectivity index (χ2v) is 9.48. The highest BCUT2D eigenvalue weighted by atomic mass is 35.5. The topological polar surface area (TPSA) is 60.7 Å². The summed E-state index contributed by atoms with van der Waals surface area (Å²) in [6.07, 6.45) is 3.21. The molecule has 3 aromatic rings. The van der Waals surface area contributed by atoms with Crippen LogP contribution in [0.2, 0.25) is 10.0 Å². The molecule has 0 unspecified atom stereocenters. The lowest BCUT2D eigenvalue weighted by Crippen LogP contribution is -2.39. The number of rotatable bonds is 5.